The molecule has 0 aliphatic carbocycles. The van der Waals surface area contributed by atoms with Gasteiger partial charge in [-0.2, -0.15) is 0 Å². The maximum Gasteiger partial charge on any atom is 0.339 e. The van der Waals surface area contributed by atoms with Gasteiger partial charge in [-0.3, -0.25) is 9.59 Å². The number of esters is 1. The molecule has 140 valence electrons. The molecule has 2 N–H and O–H groups in total. The van der Waals surface area contributed by atoms with E-state index in [1.807, 2.05) is 6.92 Å². The Morgan fingerprint density at radius 1 is 1.15 bits per heavy atom. The van der Waals surface area contributed by atoms with Crippen LogP contribution in [0, 0.1) is 5.92 Å². The van der Waals surface area contributed by atoms with Crippen LogP contribution < -0.4 is 10.9 Å². The first-order chi connectivity index (χ1) is 12.4. The van der Waals surface area contributed by atoms with E-state index in [2.05, 4.69) is 24.1 Å². The number of ether oxygens (including phenoxy) is 1. The third-order valence-electron chi connectivity index (χ3n) is 4.13. The third kappa shape index (κ3) is 5.72. The lowest BCUT2D eigenvalue weighted by Gasteiger charge is -2.14. The highest BCUT2D eigenvalue weighted by molar-refractivity contribution is 6.03. The Morgan fingerprint density at radius 3 is 2.62 bits per heavy atom. The highest BCUT2D eigenvalue weighted by atomic mass is 16.5. The first kappa shape index (κ1) is 19.7. The van der Waals surface area contributed by atoms with Gasteiger partial charge in [-0.1, -0.05) is 44.9 Å². The molecule has 0 spiro atoms. The second kappa shape index (κ2) is 9.17. The van der Waals surface area contributed by atoms with E-state index < -0.39 is 5.97 Å². The lowest BCUT2D eigenvalue weighted by Crippen LogP contribution is -2.36. The molecule has 2 rings (SSSR count). The minimum Gasteiger partial charge on any atom is -0.452 e. The summed E-state index contributed by atoms with van der Waals surface area (Å²) in [6.07, 6.45) is 3.04. The van der Waals surface area contributed by atoms with Crippen LogP contribution in [0.1, 0.15) is 50.4 Å². The number of rotatable bonds is 8. The van der Waals surface area contributed by atoms with Gasteiger partial charge in [-0.25, -0.2) is 4.79 Å². The van der Waals surface area contributed by atoms with Crippen LogP contribution in [-0.2, 0) is 9.53 Å². The molecule has 2 aromatic rings. The molecule has 0 saturated carbocycles. The second-order valence-electron chi connectivity index (χ2n) is 6.96. The van der Waals surface area contributed by atoms with Crippen molar-refractivity contribution in [2.45, 2.75) is 46.1 Å². The number of aromatic nitrogens is 1. The van der Waals surface area contributed by atoms with Crippen LogP contribution in [0.25, 0.3) is 10.9 Å². The van der Waals surface area contributed by atoms with Crippen molar-refractivity contribution in [2.75, 3.05) is 6.61 Å². The van der Waals surface area contributed by atoms with Crippen molar-refractivity contribution in [3.05, 3.63) is 46.2 Å². The van der Waals surface area contributed by atoms with Crippen molar-refractivity contribution in [3.63, 3.8) is 0 Å². The number of pyridine rings is 1. The number of nitrogens with one attached hydrogen (secondary N) is 2. The molecule has 6 heteroatoms. The van der Waals surface area contributed by atoms with Crippen LogP contribution in [0.15, 0.2) is 35.1 Å². The number of amides is 1. The van der Waals surface area contributed by atoms with Gasteiger partial charge in [-0.15, -0.1) is 0 Å². The number of carbonyl (C=O) groups excluding carboxylic acids is 2. The quantitative estimate of drug-likeness (QED) is 0.710. The van der Waals surface area contributed by atoms with Crippen LogP contribution in [0.2, 0.25) is 0 Å². The van der Waals surface area contributed by atoms with E-state index >= 15 is 0 Å². The molecule has 0 unspecified atom stereocenters. The van der Waals surface area contributed by atoms with Crippen molar-refractivity contribution >= 4 is 22.8 Å². The summed E-state index contributed by atoms with van der Waals surface area (Å²) in [5.74, 6) is -0.387. The highest BCUT2D eigenvalue weighted by Gasteiger charge is 2.15. The van der Waals surface area contributed by atoms with Crippen molar-refractivity contribution in [3.8, 4) is 0 Å². The first-order valence-corrected chi connectivity index (χ1v) is 8.95. The number of fused-ring (bicyclic) bond motifs is 1. The molecule has 6 nitrogen and oxygen atoms in total. The van der Waals surface area contributed by atoms with Crippen molar-refractivity contribution < 1.29 is 14.3 Å². The summed E-state index contributed by atoms with van der Waals surface area (Å²) in [6.45, 7) is 5.90. The van der Waals surface area contributed by atoms with E-state index in [0.717, 1.165) is 19.3 Å². The Morgan fingerprint density at radius 2 is 1.88 bits per heavy atom. The Bertz CT molecular complexity index is 826. The zero-order valence-electron chi connectivity index (χ0n) is 15.5. The van der Waals surface area contributed by atoms with Gasteiger partial charge in [0.05, 0.1) is 5.56 Å². The summed E-state index contributed by atoms with van der Waals surface area (Å²) in [5, 5.41) is 3.41. The molecule has 1 aromatic carbocycles. The summed E-state index contributed by atoms with van der Waals surface area (Å²) in [5.41, 5.74) is 0.316. The zero-order valence-corrected chi connectivity index (χ0v) is 15.5. The van der Waals surface area contributed by atoms with Crippen LogP contribution in [0.4, 0.5) is 0 Å². The van der Waals surface area contributed by atoms with E-state index in [1.54, 1.807) is 24.3 Å². The van der Waals surface area contributed by atoms with E-state index in [0.29, 0.717) is 16.8 Å². The van der Waals surface area contributed by atoms with Crippen molar-refractivity contribution in [1.29, 1.82) is 0 Å². The minimum absolute atomic E-state index is 0.0281. The fourth-order valence-electron chi connectivity index (χ4n) is 2.80. The fraction of sp³-hybridized carbons (Fsp3) is 0.450. The zero-order chi connectivity index (χ0) is 19.1. The average Bonchev–Trinajstić information content (AvgIpc) is 2.58. The van der Waals surface area contributed by atoms with Gasteiger partial charge in [-0.05, 0) is 25.3 Å². The Balaban J connectivity index is 1.91. The molecule has 1 atom stereocenters. The van der Waals surface area contributed by atoms with Crippen LogP contribution in [0.5, 0.6) is 0 Å². The number of para-hydroxylation sites is 1. The summed E-state index contributed by atoms with van der Waals surface area (Å²) in [4.78, 5) is 38.6. The molecular weight excluding hydrogens is 332 g/mol. The Labute approximate surface area is 152 Å². The molecule has 1 amide bonds. The Hall–Kier alpha value is -2.63. The van der Waals surface area contributed by atoms with Crippen LogP contribution in [-0.4, -0.2) is 29.5 Å². The summed E-state index contributed by atoms with van der Waals surface area (Å²) < 4.78 is 5.09. The normalized spacial score (nSPS) is 12.2. The largest absolute Gasteiger partial charge is 0.452 e. The monoisotopic (exact) mass is 358 g/mol. The number of aromatic amines is 1. The van der Waals surface area contributed by atoms with Crippen LogP contribution in [0.3, 0.4) is 0 Å². The molecule has 0 radical (unpaired) electrons. The lowest BCUT2D eigenvalue weighted by atomic mass is 10.0. The lowest BCUT2D eigenvalue weighted by molar-refractivity contribution is -0.124. The van der Waals surface area contributed by atoms with E-state index in [1.165, 1.54) is 6.07 Å². The van der Waals surface area contributed by atoms with E-state index in [-0.39, 0.29) is 29.7 Å². The van der Waals surface area contributed by atoms with Gasteiger partial charge in [0.15, 0.2) is 6.61 Å². The van der Waals surface area contributed by atoms with Gasteiger partial charge in [0.2, 0.25) is 5.56 Å². The van der Waals surface area contributed by atoms with Crippen LogP contribution >= 0.6 is 0 Å². The molecule has 0 aliphatic heterocycles. The predicted molar refractivity (Wildman–Crippen MR) is 101 cm³/mol. The smallest absolute Gasteiger partial charge is 0.339 e. The number of H-pyrrole nitrogens is 1. The second-order valence-corrected chi connectivity index (χ2v) is 6.96. The topological polar surface area (TPSA) is 88.3 Å². The van der Waals surface area contributed by atoms with Gasteiger partial charge < -0.3 is 15.0 Å². The molecule has 26 heavy (non-hydrogen) atoms. The SMILES string of the molecule is CC(C)CCC[C@H](C)NC(=O)COC(=O)c1cc(=O)[nH]c2ccccc12. The van der Waals surface area contributed by atoms with Gasteiger partial charge in [0.25, 0.3) is 5.91 Å². The summed E-state index contributed by atoms with van der Waals surface area (Å²) in [6, 6.07) is 8.18. The highest BCUT2D eigenvalue weighted by Crippen LogP contribution is 2.15. The maximum atomic E-state index is 12.3. The predicted octanol–water partition coefficient (Wildman–Crippen LogP) is 3.02. The number of hydrogen-bond acceptors (Lipinski definition) is 4. The number of hydrogen-bond donors (Lipinski definition) is 2. The summed E-state index contributed by atoms with van der Waals surface area (Å²) >= 11 is 0. The molecule has 1 aromatic heterocycles. The van der Waals surface area contributed by atoms with E-state index in [4.69, 9.17) is 4.74 Å². The van der Waals surface area contributed by atoms with Gasteiger partial charge in [0.1, 0.15) is 0 Å². The molecule has 0 saturated heterocycles. The number of carbonyl (C=O) groups is 2. The number of benzene rings is 1. The summed E-state index contributed by atoms with van der Waals surface area (Å²) in [7, 11) is 0. The average molecular weight is 358 g/mol. The van der Waals surface area contributed by atoms with Gasteiger partial charge in [0, 0.05) is 23.0 Å². The van der Waals surface area contributed by atoms with Crippen molar-refractivity contribution in [1.82, 2.24) is 10.3 Å². The third-order valence-corrected chi connectivity index (χ3v) is 4.13. The standard InChI is InChI=1S/C20H26N2O4/c1-13(2)7-6-8-14(3)21-19(24)12-26-20(25)16-11-18(23)22-17-10-5-4-9-15(16)17/h4-5,9-11,13-14H,6-8,12H2,1-3H3,(H,21,24)(H,22,23)/t14-/m0/s1. The maximum absolute atomic E-state index is 12.3. The molecular formula is C20H26N2O4. The minimum atomic E-state index is -0.685. The van der Waals surface area contributed by atoms with Crippen molar-refractivity contribution in [2.24, 2.45) is 5.92 Å². The molecule has 0 fully saturated rings. The van der Waals surface area contributed by atoms with E-state index in [9.17, 15) is 14.4 Å². The molecule has 0 bridgehead atoms. The Kier molecular flexibility index (Phi) is 6.95. The molecule has 1 heterocycles. The first-order valence-electron chi connectivity index (χ1n) is 8.95. The molecule has 0 aliphatic rings. The fourth-order valence-corrected chi connectivity index (χ4v) is 2.80. The van der Waals surface area contributed by atoms with Gasteiger partial charge >= 0.3 is 5.97 Å².